The van der Waals surface area contributed by atoms with E-state index in [2.05, 4.69) is 5.92 Å². The number of terminal acetylenes is 1. The summed E-state index contributed by atoms with van der Waals surface area (Å²) in [4.78, 5) is 1.93. The van der Waals surface area contributed by atoms with Crippen LogP contribution in [0.4, 0.5) is 5.69 Å². The van der Waals surface area contributed by atoms with E-state index in [1.54, 1.807) is 0 Å². The van der Waals surface area contributed by atoms with Crippen molar-refractivity contribution in [3.63, 3.8) is 0 Å². The van der Waals surface area contributed by atoms with E-state index in [0.29, 0.717) is 19.5 Å². The maximum Gasteiger partial charge on any atom is 0.0606 e. The number of nitrogens with zero attached hydrogens (tertiary/aromatic N) is 1. The highest BCUT2D eigenvalue weighted by molar-refractivity contribution is 5.48. The molecule has 0 radical (unpaired) electrons. The lowest BCUT2D eigenvalue weighted by atomic mass is 10.1. The van der Waals surface area contributed by atoms with Crippen LogP contribution in [-0.2, 0) is 6.42 Å². The summed E-state index contributed by atoms with van der Waals surface area (Å²) >= 11 is 0. The van der Waals surface area contributed by atoms with E-state index in [4.69, 9.17) is 16.6 Å². The minimum Gasteiger partial charge on any atom is -0.395 e. The SMILES string of the molecule is C#CCc1ccc(N(CCO)CCO)cc1. The molecule has 0 saturated carbocycles. The van der Waals surface area contributed by atoms with E-state index < -0.39 is 0 Å². The van der Waals surface area contributed by atoms with E-state index in [0.717, 1.165) is 11.3 Å². The zero-order valence-corrected chi connectivity index (χ0v) is 9.26. The summed E-state index contributed by atoms with van der Waals surface area (Å²) in [7, 11) is 0. The topological polar surface area (TPSA) is 43.7 Å². The van der Waals surface area contributed by atoms with Gasteiger partial charge in [-0.1, -0.05) is 12.1 Å². The molecule has 16 heavy (non-hydrogen) atoms. The number of aliphatic hydroxyl groups is 2. The molecule has 0 fully saturated rings. The Hall–Kier alpha value is -1.50. The third-order valence-electron chi connectivity index (χ3n) is 2.35. The summed E-state index contributed by atoms with van der Waals surface area (Å²) in [5.74, 6) is 2.59. The molecule has 1 aromatic carbocycles. The Labute approximate surface area is 96.3 Å². The van der Waals surface area contributed by atoms with Crippen molar-refractivity contribution in [1.29, 1.82) is 0 Å². The normalized spacial score (nSPS) is 9.81. The highest BCUT2D eigenvalue weighted by atomic mass is 16.3. The van der Waals surface area contributed by atoms with Crippen LogP contribution in [0.15, 0.2) is 24.3 Å². The van der Waals surface area contributed by atoms with Crippen molar-refractivity contribution in [2.75, 3.05) is 31.2 Å². The molecule has 0 heterocycles. The van der Waals surface area contributed by atoms with Crippen molar-refractivity contribution in [3.05, 3.63) is 29.8 Å². The lowest BCUT2D eigenvalue weighted by Crippen LogP contribution is -2.29. The highest BCUT2D eigenvalue weighted by Gasteiger charge is 2.04. The van der Waals surface area contributed by atoms with Crippen LogP contribution >= 0.6 is 0 Å². The average molecular weight is 219 g/mol. The first-order valence-corrected chi connectivity index (χ1v) is 5.31. The van der Waals surface area contributed by atoms with Crippen molar-refractivity contribution in [2.24, 2.45) is 0 Å². The molecule has 0 saturated heterocycles. The van der Waals surface area contributed by atoms with Crippen molar-refractivity contribution in [2.45, 2.75) is 6.42 Å². The van der Waals surface area contributed by atoms with Crippen LogP contribution in [0.3, 0.4) is 0 Å². The maximum absolute atomic E-state index is 8.91. The van der Waals surface area contributed by atoms with E-state index in [1.165, 1.54) is 0 Å². The first kappa shape index (κ1) is 12.6. The molecule has 0 amide bonds. The van der Waals surface area contributed by atoms with Gasteiger partial charge in [-0.2, -0.15) is 0 Å². The van der Waals surface area contributed by atoms with Crippen LogP contribution in [0, 0.1) is 12.3 Å². The molecular formula is C13H17NO2. The summed E-state index contributed by atoms with van der Waals surface area (Å²) in [5.41, 5.74) is 2.09. The van der Waals surface area contributed by atoms with Gasteiger partial charge >= 0.3 is 0 Å². The minimum absolute atomic E-state index is 0.0755. The molecule has 0 bridgehead atoms. The second-order valence-electron chi connectivity index (χ2n) is 3.48. The Morgan fingerprint density at radius 3 is 2.06 bits per heavy atom. The number of aliphatic hydroxyl groups excluding tert-OH is 2. The van der Waals surface area contributed by atoms with Crippen molar-refractivity contribution in [3.8, 4) is 12.3 Å². The number of anilines is 1. The smallest absolute Gasteiger partial charge is 0.0606 e. The largest absolute Gasteiger partial charge is 0.395 e. The van der Waals surface area contributed by atoms with Gasteiger partial charge < -0.3 is 15.1 Å². The highest BCUT2D eigenvalue weighted by Crippen LogP contribution is 2.14. The fraction of sp³-hybridized carbons (Fsp3) is 0.385. The van der Waals surface area contributed by atoms with Crippen LogP contribution < -0.4 is 4.90 Å². The van der Waals surface area contributed by atoms with E-state index in [-0.39, 0.29) is 13.2 Å². The summed E-state index contributed by atoms with van der Waals surface area (Å²) in [6.07, 6.45) is 5.85. The molecule has 3 nitrogen and oxygen atoms in total. The van der Waals surface area contributed by atoms with Gasteiger partial charge in [-0.15, -0.1) is 12.3 Å². The van der Waals surface area contributed by atoms with E-state index in [1.807, 2.05) is 29.2 Å². The third kappa shape index (κ3) is 3.58. The molecule has 2 N–H and O–H groups in total. The van der Waals surface area contributed by atoms with Gasteiger partial charge in [0.1, 0.15) is 0 Å². The molecule has 3 heteroatoms. The van der Waals surface area contributed by atoms with Gasteiger partial charge in [0, 0.05) is 25.2 Å². The Balaban J connectivity index is 2.73. The number of rotatable bonds is 6. The number of hydrogen-bond donors (Lipinski definition) is 2. The standard InChI is InChI=1S/C13H17NO2/c1-2-3-12-4-6-13(7-5-12)14(8-10-15)9-11-16/h1,4-7,15-16H,3,8-11H2. The Bertz CT molecular complexity index is 334. The Kier molecular flexibility index (Phi) is 5.41. The predicted molar refractivity (Wildman–Crippen MR) is 65.4 cm³/mol. The average Bonchev–Trinajstić information content (AvgIpc) is 2.30. The molecule has 0 aromatic heterocycles. The molecule has 0 aliphatic heterocycles. The molecule has 0 aliphatic rings. The maximum atomic E-state index is 8.91. The van der Waals surface area contributed by atoms with Crippen molar-refractivity contribution < 1.29 is 10.2 Å². The van der Waals surface area contributed by atoms with Crippen molar-refractivity contribution in [1.82, 2.24) is 0 Å². The van der Waals surface area contributed by atoms with Gasteiger partial charge in [-0.25, -0.2) is 0 Å². The zero-order chi connectivity index (χ0) is 11.8. The van der Waals surface area contributed by atoms with Crippen LogP contribution in [0.25, 0.3) is 0 Å². The van der Waals surface area contributed by atoms with Crippen LogP contribution in [-0.4, -0.2) is 36.5 Å². The summed E-state index contributed by atoms with van der Waals surface area (Å²) < 4.78 is 0. The van der Waals surface area contributed by atoms with Gasteiger partial charge in [0.05, 0.1) is 13.2 Å². The molecule has 0 unspecified atom stereocenters. The fourth-order valence-electron chi connectivity index (χ4n) is 1.55. The van der Waals surface area contributed by atoms with Gasteiger partial charge in [0.15, 0.2) is 0 Å². The van der Waals surface area contributed by atoms with E-state index in [9.17, 15) is 0 Å². The summed E-state index contributed by atoms with van der Waals surface area (Å²) in [5, 5.41) is 17.8. The predicted octanol–water partition coefficient (Wildman–Crippen LogP) is 0.653. The Morgan fingerprint density at radius 1 is 1.06 bits per heavy atom. The molecular weight excluding hydrogens is 202 g/mol. The number of hydrogen-bond acceptors (Lipinski definition) is 3. The molecule has 1 aromatic rings. The van der Waals surface area contributed by atoms with Crippen LogP contribution in [0.2, 0.25) is 0 Å². The Morgan fingerprint density at radius 2 is 1.62 bits per heavy atom. The van der Waals surface area contributed by atoms with Crippen LogP contribution in [0.5, 0.6) is 0 Å². The summed E-state index contributed by atoms with van der Waals surface area (Å²) in [6, 6.07) is 7.85. The molecule has 86 valence electrons. The second-order valence-corrected chi connectivity index (χ2v) is 3.48. The minimum atomic E-state index is 0.0755. The second kappa shape index (κ2) is 6.89. The first-order chi connectivity index (χ1) is 7.81. The molecule has 1 rings (SSSR count). The molecule has 0 atom stereocenters. The zero-order valence-electron chi connectivity index (χ0n) is 9.26. The lowest BCUT2D eigenvalue weighted by Gasteiger charge is -2.23. The first-order valence-electron chi connectivity index (χ1n) is 5.31. The van der Waals surface area contributed by atoms with Crippen LogP contribution in [0.1, 0.15) is 5.56 Å². The van der Waals surface area contributed by atoms with E-state index >= 15 is 0 Å². The lowest BCUT2D eigenvalue weighted by molar-refractivity contribution is 0.281. The van der Waals surface area contributed by atoms with Gasteiger partial charge in [0.2, 0.25) is 0 Å². The van der Waals surface area contributed by atoms with Gasteiger partial charge in [0.25, 0.3) is 0 Å². The number of benzene rings is 1. The fourth-order valence-corrected chi connectivity index (χ4v) is 1.55. The van der Waals surface area contributed by atoms with Gasteiger partial charge in [-0.05, 0) is 17.7 Å². The quantitative estimate of drug-likeness (QED) is 0.691. The summed E-state index contributed by atoms with van der Waals surface area (Å²) in [6.45, 7) is 1.20. The molecule has 0 aliphatic carbocycles. The molecule has 0 spiro atoms. The van der Waals surface area contributed by atoms with Crippen molar-refractivity contribution >= 4 is 5.69 Å². The monoisotopic (exact) mass is 219 g/mol. The van der Waals surface area contributed by atoms with Gasteiger partial charge in [-0.3, -0.25) is 0 Å². The third-order valence-corrected chi connectivity index (χ3v) is 2.35.